The summed E-state index contributed by atoms with van der Waals surface area (Å²) in [5, 5.41) is 3.71. The van der Waals surface area contributed by atoms with Crippen molar-refractivity contribution in [2.75, 3.05) is 13.7 Å². The van der Waals surface area contributed by atoms with Crippen LogP contribution < -0.4 is 10.1 Å². The lowest BCUT2D eigenvalue weighted by atomic mass is 9.91. The van der Waals surface area contributed by atoms with E-state index in [0.717, 1.165) is 18.7 Å². The van der Waals surface area contributed by atoms with Crippen molar-refractivity contribution in [2.45, 2.75) is 52.5 Å². The topological polar surface area (TPSA) is 21.3 Å². The maximum absolute atomic E-state index is 5.34. The van der Waals surface area contributed by atoms with Crippen LogP contribution in [0.2, 0.25) is 0 Å². The van der Waals surface area contributed by atoms with E-state index in [2.05, 4.69) is 54.2 Å². The Morgan fingerprint density at radius 1 is 1.25 bits per heavy atom. The number of methoxy groups -OCH3 is 1. The normalized spacial score (nSPS) is 14.1. The van der Waals surface area contributed by atoms with Gasteiger partial charge in [-0.2, -0.15) is 0 Å². The Kier molecular flexibility index (Phi) is 8.24. The number of nitrogens with one attached hydrogen (secondary N) is 1. The highest BCUT2D eigenvalue weighted by atomic mass is 79.9. The predicted octanol–water partition coefficient (Wildman–Crippen LogP) is 4.80. The molecule has 1 N–H and O–H groups in total. The molecule has 114 valence electrons. The van der Waals surface area contributed by atoms with Crippen LogP contribution in [0.1, 0.15) is 45.6 Å². The summed E-state index contributed by atoms with van der Waals surface area (Å²) in [5.74, 6) is 1.62. The van der Waals surface area contributed by atoms with E-state index >= 15 is 0 Å². The highest BCUT2D eigenvalue weighted by Crippen LogP contribution is 2.25. The average molecular weight is 342 g/mol. The van der Waals surface area contributed by atoms with E-state index < -0.39 is 0 Å². The summed E-state index contributed by atoms with van der Waals surface area (Å²) in [6.07, 6.45) is 4.72. The second kappa shape index (κ2) is 9.41. The standard InChI is InChI=1S/C17H28BrNO/c1-5-7-13(3)17(19-10-6-2)12-14-11-15(20-4)8-9-16(14)18/h8-9,11,13,17,19H,5-7,10,12H2,1-4H3. The first-order valence-electron chi connectivity index (χ1n) is 7.68. The summed E-state index contributed by atoms with van der Waals surface area (Å²) >= 11 is 3.66. The smallest absolute Gasteiger partial charge is 0.119 e. The van der Waals surface area contributed by atoms with Crippen molar-refractivity contribution in [2.24, 2.45) is 5.92 Å². The Balaban J connectivity index is 2.81. The van der Waals surface area contributed by atoms with Gasteiger partial charge in [0, 0.05) is 10.5 Å². The quantitative estimate of drug-likeness (QED) is 0.696. The van der Waals surface area contributed by atoms with E-state index in [9.17, 15) is 0 Å². The first kappa shape index (κ1) is 17.5. The van der Waals surface area contributed by atoms with Crippen LogP contribution in [0.25, 0.3) is 0 Å². The monoisotopic (exact) mass is 341 g/mol. The van der Waals surface area contributed by atoms with Gasteiger partial charge in [0.15, 0.2) is 0 Å². The van der Waals surface area contributed by atoms with Crippen LogP contribution in [-0.2, 0) is 6.42 Å². The molecule has 1 aromatic rings. The molecule has 0 saturated heterocycles. The molecule has 0 aliphatic rings. The SMILES string of the molecule is CCCNC(Cc1cc(OC)ccc1Br)C(C)CCC. The van der Waals surface area contributed by atoms with Crippen LogP contribution in [0, 0.1) is 5.92 Å². The first-order valence-corrected chi connectivity index (χ1v) is 8.47. The molecule has 0 aliphatic carbocycles. The minimum Gasteiger partial charge on any atom is -0.497 e. The summed E-state index contributed by atoms with van der Waals surface area (Å²) < 4.78 is 6.51. The Morgan fingerprint density at radius 2 is 2.00 bits per heavy atom. The first-order chi connectivity index (χ1) is 9.62. The lowest BCUT2D eigenvalue weighted by Crippen LogP contribution is -2.37. The molecule has 0 amide bonds. The zero-order valence-corrected chi connectivity index (χ0v) is 14.8. The number of ether oxygens (including phenoxy) is 1. The number of rotatable bonds is 9. The molecule has 0 heterocycles. The summed E-state index contributed by atoms with van der Waals surface area (Å²) in [7, 11) is 1.72. The van der Waals surface area contributed by atoms with Crippen molar-refractivity contribution in [1.29, 1.82) is 0 Å². The second-order valence-corrected chi connectivity index (χ2v) is 6.34. The van der Waals surface area contributed by atoms with Gasteiger partial charge in [-0.25, -0.2) is 0 Å². The van der Waals surface area contributed by atoms with Crippen LogP contribution in [0.15, 0.2) is 22.7 Å². The molecule has 2 unspecified atom stereocenters. The van der Waals surface area contributed by atoms with Gasteiger partial charge in [-0.15, -0.1) is 0 Å². The number of benzene rings is 1. The molecule has 0 saturated carbocycles. The van der Waals surface area contributed by atoms with Gasteiger partial charge in [-0.1, -0.05) is 43.1 Å². The van der Waals surface area contributed by atoms with Crippen molar-refractivity contribution >= 4 is 15.9 Å². The highest BCUT2D eigenvalue weighted by molar-refractivity contribution is 9.10. The third-order valence-corrected chi connectivity index (χ3v) is 4.55. The maximum atomic E-state index is 5.34. The van der Waals surface area contributed by atoms with Crippen LogP contribution >= 0.6 is 15.9 Å². The molecule has 3 heteroatoms. The van der Waals surface area contributed by atoms with E-state index in [1.54, 1.807) is 7.11 Å². The Morgan fingerprint density at radius 3 is 2.60 bits per heavy atom. The molecular weight excluding hydrogens is 314 g/mol. The van der Waals surface area contributed by atoms with Crippen molar-refractivity contribution in [3.8, 4) is 5.75 Å². The molecule has 0 bridgehead atoms. The molecule has 0 aliphatic heterocycles. The molecule has 0 aromatic heterocycles. The van der Waals surface area contributed by atoms with Gasteiger partial charge in [0.2, 0.25) is 0 Å². The molecule has 2 atom stereocenters. The van der Waals surface area contributed by atoms with E-state index in [1.165, 1.54) is 29.3 Å². The van der Waals surface area contributed by atoms with Crippen molar-refractivity contribution in [3.05, 3.63) is 28.2 Å². The zero-order valence-electron chi connectivity index (χ0n) is 13.2. The molecule has 20 heavy (non-hydrogen) atoms. The summed E-state index contributed by atoms with van der Waals surface area (Å²) in [6.45, 7) is 7.91. The largest absolute Gasteiger partial charge is 0.497 e. The van der Waals surface area contributed by atoms with E-state index in [4.69, 9.17) is 4.74 Å². The van der Waals surface area contributed by atoms with Crippen LogP contribution in [0.4, 0.5) is 0 Å². The Labute approximate surface area is 132 Å². The van der Waals surface area contributed by atoms with Crippen molar-refractivity contribution in [3.63, 3.8) is 0 Å². The van der Waals surface area contributed by atoms with Crippen LogP contribution in [0.5, 0.6) is 5.75 Å². The minimum absolute atomic E-state index is 0.526. The number of hydrogen-bond acceptors (Lipinski definition) is 2. The van der Waals surface area contributed by atoms with Crippen molar-refractivity contribution < 1.29 is 4.74 Å². The number of hydrogen-bond donors (Lipinski definition) is 1. The molecular formula is C17H28BrNO. The maximum Gasteiger partial charge on any atom is 0.119 e. The van der Waals surface area contributed by atoms with Gasteiger partial charge < -0.3 is 10.1 Å². The number of halogens is 1. The van der Waals surface area contributed by atoms with Gasteiger partial charge in [0.05, 0.1) is 7.11 Å². The zero-order chi connectivity index (χ0) is 15.0. The fourth-order valence-corrected chi connectivity index (χ4v) is 2.94. The highest BCUT2D eigenvalue weighted by Gasteiger charge is 2.18. The van der Waals surface area contributed by atoms with Gasteiger partial charge >= 0.3 is 0 Å². The van der Waals surface area contributed by atoms with Crippen LogP contribution in [0.3, 0.4) is 0 Å². The van der Waals surface area contributed by atoms with Gasteiger partial charge in [0.25, 0.3) is 0 Å². The lowest BCUT2D eigenvalue weighted by Gasteiger charge is -2.26. The molecule has 0 fully saturated rings. The minimum atomic E-state index is 0.526. The summed E-state index contributed by atoms with van der Waals surface area (Å²) in [5.41, 5.74) is 1.32. The molecule has 0 radical (unpaired) electrons. The average Bonchev–Trinajstić information content (AvgIpc) is 2.45. The Bertz CT molecular complexity index is 395. The fraction of sp³-hybridized carbons (Fsp3) is 0.647. The second-order valence-electron chi connectivity index (χ2n) is 5.49. The summed E-state index contributed by atoms with van der Waals surface area (Å²) in [4.78, 5) is 0. The molecule has 0 spiro atoms. The molecule has 2 nitrogen and oxygen atoms in total. The Hall–Kier alpha value is -0.540. The van der Waals surface area contributed by atoms with E-state index in [-0.39, 0.29) is 0 Å². The van der Waals surface area contributed by atoms with Crippen molar-refractivity contribution in [1.82, 2.24) is 5.32 Å². The third-order valence-electron chi connectivity index (χ3n) is 3.78. The molecule has 1 aromatic carbocycles. The predicted molar refractivity (Wildman–Crippen MR) is 90.6 cm³/mol. The van der Waals surface area contributed by atoms with Gasteiger partial charge in [-0.05, 0) is 55.5 Å². The third kappa shape index (κ3) is 5.45. The van der Waals surface area contributed by atoms with Gasteiger partial charge in [0.1, 0.15) is 5.75 Å². The molecule has 1 rings (SSSR count). The van der Waals surface area contributed by atoms with E-state index in [0.29, 0.717) is 12.0 Å². The van der Waals surface area contributed by atoms with E-state index in [1.807, 2.05) is 6.07 Å². The summed E-state index contributed by atoms with van der Waals surface area (Å²) in [6, 6.07) is 6.74. The van der Waals surface area contributed by atoms with Gasteiger partial charge in [-0.3, -0.25) is 0 Å². The lowest BCUT2D eigenvalue weighted by molar-refractivity contribution is 0.351. The fourth-order valence-electron chi connectivity index (χ4n) is 2.53. The van der Waals surface area contributed by atoms with Crippen LogP contribution in [-0.4, -0.2) is 19.7 Å².